The summed E-state index contributed by atoms with van der Waals surface area (Å²) in [6, 6.07) is 2.39. The second kappa shape index (κ2) is 7.34. The number of hydrogen-bond donors (Lipinski definition) is 0. The van der Waals surface area contributed by atoms with E-state index in [1.807, 2.05) is 4.90 Å². The Labute approximate surface area is 142 Å². The molecule has 1 heterocycles. The molecular weight excluding hydrogens is 313 g/mol. The van der Waals surface area contributed by atoms with Gasteiger partial charge in [0, 0.05) is 19.2 Å². The Balaban J connectivity index is 2.13. The molecule has 0 unspecified atom stereocenters. The summed E-state index contributed by atoms with van der Waals surface area (Å²) in [6.45, 7) is 4.79. The van der Waals surface area contributed by atoms with Crippen molar-refractivity contribution in [2.24, 2.45) is 5.41 Å². The third-order valence-electron chi connectivity index (χ3n) is 4.92. The normalized spacial score (nSPS) is 17.2. The van der Waals surface area contributed by atoms with Gasteiger partial charge in [0.15, 0.2) is 11.6 Å². The van der Waals surface area contributed by atoms with E-state index in [2.05, 4.69) is 25.9 Å². The Bertz CT molecular complexity index is 599. The van der Waals surface area contributed by atoms with Crippen LogP contribution < -0.4 is 9.64 Å². The van der Waals surface area contributed by atoms with Crippen LogP contribution in [-0.2, 0) is 0 Å². The van der Waals surface area contributed by atoms with Gasteiger partial charge in [0.2, 0.25) is 0 Å². The van der Waals surface area contributed by atoms with Crippen molar-refractivity contribution >= 4 is 11.4 Å². The lowest BCUT2D eigenvalue weighted by atomic mass is 9.77. The first kappa shape index (κ1) is 18.4. The molecule has 1 aromatic rings. The molecule has 0 aliphatic carbocycles. The molecule has 7 heteroatoms. The molecule has 0 amide bonds. The van der Waals surface area contributed by atoms with Crippen LogP contribution in [0.2, 0.25) is 0 Å². The molecule has 1 saturated heterocycles. The average molecular weight is 339 g/mol. The van der Waals surface area contributed by atoms with E-state index in [9.17, 15) is 14.5 Å². The maximum Gasteiger partial charge on any atom is 0.313 e. The van der Waals surface area contributed by atoms with Crippen LogP contribution >= 0.6 is 0 Å². The zero-order valence-electron chi connectivity index (χ0n) is 14.8. The quantitative estimate of drug-likeness (QED) is 0.588. The van der Waals surface area contributed by atoms with Gasteiger partial charge in [-0.05, 0) is 45.3 Å². The minimum Gasteiger partial charge on any atom is -0.490 e. The lowest BCUT2D eigenvalue weighted by Gasteiger charge is -2.41. The van der Waals surface area contributed by atoms with Crippen molar-refractivity contribution in [1.82, 2.24) is 4.90 Å². The number of nitro groups is 1. The predicted molar refractivity (Wildman–Crippen MR) is 92.3 cm³/mol. The van der Waals surface area contributed by atoms with Crippen molar-refractivity contribution in [3.63, 3.8) is 0 Å². The van der Waals surface area contributed by atoms with Crippen LogP contribution in [0.1, 0.15) is 26.2 Å². The maximum atomic E-state index is 14.3. The van der Waals surface area contributed by atoms with Gasteiger partial charge in [0.05, 0.1) is 23.8 Å². The predicted octanol–water partition coefficient (Wildman–Crippen LogP) is 3.30. The van der Waals surface area contributed by atoms with E-state index in [-0.39, 0.29) is 16.9 Å². The fourth-order valence-electron chi connectivity index (χ4n) is 3.11. The summed E-state index contributed by atoms with van der Waals surface area (Å²) in [5, 5.41) is 11.0. The summed E-state index contributed by atoms with van der Waals surface area (Å²) < 4.78 is 19.4. The molecule has 0 N–H and O–H groups in total. The highest BCUT2D eigenvalue weighted by atomic mass is 19.1. The molecule has 1 aromatic carbocycles. The Kier molecular flexibility index (Phi) is 5.64. The molecule has 1 aliphatic heterocycles. The molecule has 1 fully saturated rings. The highest BCUT2D eigenvalue weighted by Crippen LogP contribution is 2.39. The van der Waals surface area contributed by atoms with Crippen molar-refractivity contribution in [3.8, 4) is 5.75 Å². The number of nitro benzene ring substituents is 1. The van der Waals surface area contributed by atoms with Crippen LogP contribution in [0.3, 0.4) is 0 Å². The smallest absolute Gasteiger partial charge is 0.313 e. The van der Waals surface area contributed by atoms with Crippen LogP contribution in [0.15, 0.2) is 12.1 Å². The average Bonchev–Trinajstić information content (AvgIpc) is 2.54. The highest BCUT2D eigenvalue weighted by molar-refractivity contribution is 5.60. The van der Waals surface area contributed by atoms with Gasteiger partial charge in [-0.25, -0.2) is 4.39 Å². The monoisotopic (exact) mass is 339 g/mol. The number of anilines is 1. The summed E-state index contributed by atoms with van der Waals surface area (Å²) in [5.41, 5.74) is 0.293. The van der Waals surface area contributed by atoms with Crippen LogP contribution in [0, 0.1) is 21.3 Å². The molecule has 0 radical (unpaired) electrons. The van der Waals surface area contributed by atoms with Gasteiger partial charge in [-0.3, -0.25) is 10.1 Å². The molecule has 6 nitrogen and oxygen atoms in total. The topological polar surface area (TPSA) is 58.8 Å². The molecule has 0 aromatic heterocycles. The van der Waals surface area contributed by atoms with E-state index in [0.29, 0.717) is 5.69 Å². The van der Waals surface area contributed by atoms with Crippen LogP contribution in [-0.4, -0.2) is 50.7 Å². The van der Waals surface area contributed by atoms with Crippen molar-refractivity contribution < 1.29 is 14.1 Å². The van der Waals surface area contributed by atoms with E-state index in [4.69, 9.17) is 4.74 Å². The molecule has 0 bridgehead atoms. The van der Waals surface area contributed by atoms with Gasteiger partial charge in [-0.2, -0.15) is 0 Å². The van der Waals surface area contributed by atoms with Crippen LogP contribution in [0.25, 0.3) is 0 Å². The van der Waals surface area contributed by atoms with E-state index in [0.717, 1.165) is 45.0 Å². The molecule has 0 saturated carbocycles. The van der Waals surface area contributed by atoms with Crippen LogP contribution in [0.5, 0.6) is 5.75 Å². The molecule has 24 heavy (non-hydrogen) atoms. The lowest BCUT2D eigenvalue weighted by molar-refractivity contribution is -0.385. The van der Waals surface area contributed by atoms with E-state index in [1.54, 1.807) is 0 Å². The number of hydrogen-bond acceptors (Lipinski definition) is 5. The zero-order chi connectivity index (χ0) is 17.9. The third-order valence-corrected chi connectivity index (χ3v) is 4.92. The number of rotatable bonds is 6. The molecule has 2 rings (SSSR count). The molecule has 134 valence electrons. The van der Waals surface area contributed by atoms with Crippen molar-refractivity contribution in [2.45, 2.75) is 26.2 Å². The van der Waals surface area contributed by atoms with Gasteiger partial charge in [-0.1, -0.05) is 6.92 Å². The van der Waals surface area contributed by atoms with Gasteiger partial charge < -0.3 is 14.5 Å². The number of nitrogens with zero attached hydrogens (tertiary/aromatic N) is 3. The summed E-state index contributed by atoms with van der Waals surface area (Å²) in [6.07, 6.45) is 3.05. The first-order chi connectivity index (χ1) is 11.3. The third kappa shape index (κ3) is 4.14. The van der Waals surface area contributed by atoms with Crippen LogP contribution in [0.4, 0.5) is 15.8 Å². The molecule has 0 atom stereocenters. The SMILES string of the molecule is COc1cc(N2CCC(C)(CCN(C)C)CC2)c(F)cc1[N+](=O)[O-]. The number of methoxy groups -OCH3 is 1. The fourth-order valence-corrected chi connectivity index (χ4v) is 3.11. The highest BCUT2D eigenvalue weighted by Gasteiger charge is 2.31. The number of halogens is 1. The Morgan fingerprint density at radius 2 is 2.00 bits per heavy atom. The van der Waals surface area contributed by atoms with E-state index < -0.39 is 10.7 Å². The Hall–Kier alpha value is -1.89. The lowest BCUT2D eigenvalue weighted by Crippen LogP contribution is -2.40. The fraction of sp³-hybridized carbons (Fsp3) is 0.647. The second-order valence-electron chi connectivity index (χ2n) is 7.08. The first-order valence-corrected chi connectivity index (χ1v) is 8.17. The standard InChI is InChI=1S/C17H26FN3O3/c1-17(5-8-19(2)3)6-9-20(10-7-17)14-12-16(24-4)15(21(22)23)11-13(14)18/h11-12H,5-10H2,1-4H3. The van der Waals surface area contributed by atoms with Crippen molar-refractivity contribution in [3.05, 3.63) is 28.1 Å². The molecule has 1 aliphatic rings. The number of ether oxygens (including phenoxy) is 1. The van der Waals surface area contributed by atoms with E-state index in [1.165, 1.54) is 13.2 Å². The Morgan fingerprint density at radius 3 is 2.50 bits per heavy atom. The molecular formula is C17H26FN3O3. The minimum atomic E-state index is -0.625. The number of benzene rings is 1. The minimum absolute atomic E-state index is 0.0948. The van der Waals surface area contributed by atoms with Gasteiger partial charge in [0.1, 0.15) is 0 Å². The zero-order valence-corrected chi connectivity index (χ0v) is 14.8. The summed E-state index contributed by atoms with van der Waals surface area (Å²) >= 11 is 0. The maximum absolute atomic E-state index is 14.3. The summed E-state index contributed by atoms with van der Waals surface area (Å²) in [5.74, 6) is -0.475. The summed E-state index contributed by atoms with van der Waals surface area (Å²) in [4.78, 5) is 14.5. The largest absolute Gasteiger partial charge is 0.490 e. The summed E-state index contributed by atoms with van der Waals surface area (Å²) in [7, 11) is 5.49. The van der Waals surface area contributed by atoms with Crippen molar-refractivity contribution in [2.75, 3.05) is 45.7 Å². The second-order valence-corrected chi connectivity index (χ2v) is 7.08. The van der Waals surface area contributed by atoms with Gasteiger partial charge >= 0.3 is 5.69 Å². The van der Waals surface area contributed by atoms with E-state index >= 15 is 0 Å². The van der Waals surface area contributed by atoms with Gasteiger partial charge in [-0.15, -0.1) is 0 Å². The number of piperidine rings is 1. The van der Waals surface area contributed by atoms with Crippen molar-refractivity contribution in [1.29, 1.82) is 0 Å². The first-order valence-electron chi connectivity index (χ1n) is 8.17. The van der Waals surface area contributed by atoms with Gasteiger partial charge in [0.25, 0.3) is 0 Å². The Morgan fingerprint density at radius 1 is 1.38 bits per heavy atom. The molecule has 0 spiro atoms.